The highest BCUT2D eigenvalue weighted by Gasteiger charge is 2.20. The van der Waals surface area contributed by atoms with Crippen LogP contribution in [0.3, 0.4) is 0 Å². The molecule has 1 aliphatic rings. The monoisotopic (exact) mass is 408 g/mol. The Bertz CT molecular complexity index is 425. The van der Waals surface area contributed by atoms with E-state index in [2.05, 4.69) is 49.2 Å². The van der Waals surface area contributed by atoms with Gasteiger partial charge in [-0.05, 0) is 76.0 Å². The number of carbonyl (C=O) groups excluding carboxylic acids is 1. The lowest BCUT2D eigenvalue weighted by Crippen LogP contribution is -2.37. The molecule has 17 heavy (non-hydrogen) atoms. The summed E-state index contributed by atoms with van der Waals surface area (Å²) in [6.07, 6.45) is 3.04. The van der Waals surface area contributed by atoms with Crippen molar-refractivity contribution in [3.8, 4) is 0 Å². The molecule has 0 aliphatic carbocycles. The molecule has 1 fully saturated rings. The van der Waals surface area contributed by atoms with Crippen LogP contribution in [0.1, 0.15) is 19.3 Å². The molecular formula is C12H14BrIN2O. The molecule has 0 radical (unpaired) electrons. The molecule has 0 saturated carbocycles. The van der Waals surface area contributed by atoms with Crippen molar-refractivity contribution >= 4 is 50.1 Å². The third-order valence-electron chi connectivity index (χ3n) is 2.79. The van der Waals surface area contributed by atoms with Crippen LogP contribution in [0.5, 0.6) is 0 Å². The molecule has 1 saturated heterocycles. The van der Waals surface area contributed by atoms with Gasteiger partial charge in [-0.1, -0.05) is 0 Å². The fourth-order valence-corrected chi connectivity index (χ4v) is 2.73. The first-order chi connectivity index (χ1) is 8.16. The Kier molecular flexibility index (Phi) is 4.67. The summed E-state index contributed by atoms with van der Waals surface area (Å²) in [5.74, 6) is 0.105. The summed E-state index contributed by atoms with van der Waals surface area (Å²) in [6, 6.07) is 5.96. The van der Waals surface area contributed by atoms with Crippen LogP contribution in [0, 0.1) is 3.57 Å². The molecule has 92 valence electrons. The van der Waals surface area contributed by atoms with Gasteiger partial charge in [-0.15, -0.1) is 0 Å². The summed E-state index contributed by atoms with van der Waals surface area (Å²) in [7, 11) is 0. The van der Waals surface area contributed by atoms with Gasteiger partial charge in [0.15, 0.2) is 0 Å². The summed E-state index contributed by atoms with van der Waals surface area (Å²) in [5.41, 5.74) is 0.985. The van der Waals surface area contributed by atoms with Crippen molar-refractivity contribution in [1.29, 1.82) is 0 Å². The molecule has 0 spiro atoms. The zero-order valence-corrected chi connectivity index (χ0v) is 13.0. The SMILES string of the molecule is O=C1NCCCCC1Nc1cc(I)ccc1Br. The summed E-state index contributed by atoms with van der Waals surface area (Å²) < 4.78 is 2.15. The van der Waals surface area contributed by atoms with Crippen LogP contribution in [0.2, 0.25) is 0 Å². The Morgan fingerprint density at radius 3 is 3.06 bits per heavy atom. The average Bonchev–Trinajstić information content (AvgIpc) is 2.50. The van der Waals surface area contributed by atoms with Crippen molar-refractivity contribution in [3.05, 3.63) is 26.2 Å². The molecule has 1 aliphatic heterocycles. The Morgan fingerprint density at radius 2 is 2.24 bits per heavy atom. The van der Waals surface area contributed by atoms with E-state index in [1.54, 1.807) is 0 Å². The van der Waals surface area contributed by atoms with Gasteiger partial charge in [0.25, 0.3) is 0 Å². The van der Waals surface area contributed by atoms with Gasteiger partial charge in [-0.25, -0.2) is 0 Å². The molecule has 0 bridgehead atoms. The summed E-state index contributed by atoms with van der Waals surface area (Å²) >= 11 is 5.77. The smallest absolute Gasteiger partial charge is 0.242 e. The number of nitrogens with one attached hydrogen (secondary N) is 2. The van der Waals surface area contributed by atoms with E-state index >= 15 is 0 Å². The van der Waals surface area contributed by atoms with Gasteiger partial charge in [0.1, 0.15) is 6.04 Å². The van der Waals surface area contributed by atoms with Crippen molar-refractivity contribution in [2.75, 3.05) is 11.9 Å². The van der Waals surface area contributed by atoms with E-state index in [-0.39, 0.29) is 11.9 Å². The largest absolute Gasteiger partial charge is 0.373 e. The minimum absolute atomic E-state index is 0.105. The van der Waals surface area contributed by atoms with Crippen LogP contribution in [-0.2, 0) is 4.79 Å². The zero-order chi connectivity index (χ0) is 12.3. The van der Waals surface area contributed by atoms with Crippen LogP contribution in [0.25, 0.3) is 0 Å². The third-order valence-corrected chi connectivity index (χ3v) is 4.16. The van der Waals surface area contributed by atoms with Gasteiger partial charge in [-0.3, -0.25) is 4.79 Å². The quantitative estimate of drug-likeness (QED) is 0.738. The van der Waals surface area contributed by atoms with E-state index in [0.717, 1.165) is 39.5 Å². The van der Waals surface area contributed by atoms with Crippen molar-refractivity contribution in [1.82, 2.24) is 5.32 Å². The zero-order valence-electron chi connectivity index (χ0n) is 9.30. The number of carbonyl (C=O) groups is 1. The summed E-state index contributed by atoms with van der Waals surface area (Å²) in [5, 5.41) is 6.25. The van der Waals surface area contributed by atoms with Crippen LogP contribution in [-0.4, -0.2) is 18.5 Å². The molecule has 5 heteroatoms. The predicted octanol–water partition coefficient (Wildman–Crippen LogP) is 3.13. The highest BCUT2D eigenvalue weighted by atomic mass is 127. The fourth-order valence-electron chi connectivity index (χ4n) is 1.87. The number of anilines is 1. The Balaban J connectivity index is 2.13. The molecule has 2 rings (SSSR count). The maximum atomic E-state index is 11.8. The first-order valence-electron chi connectivity index (χ1n) is 5.66. The van der Waals surface area contributed by atoms with Crippen LogP contribution >= 0.6 is 38.5 Å². The third kappa shape index (κ3) is 3.58. The van der Waals surface area contributed by atoms with Gasteiger partial charge < -0.3 is 10.6 Å². The van der Waals surface area contributed by atoms with Crippen molar-refractivity contribution in [2.45, 2.75) is 25.3 Å². The Morgan fingerprint density at radius 1 is 1.41 bits per heavy atom. The maximum absolute atomic E-state index is 11.8. The Labute approximate surface area is 123 Å². The first kappa shape index (κ1) is 13.1. The van der Waals surface area contributed by atoms with Gasteiger partial charge in [0, 0.05) is 14.6 Å². The second-order valence-electron chi connectivity index (χ2n) is 4.11. The fraction of sp³-hybridized carbons (Fsp3) is 0.417. The maximum Gasteiger partial charge on any atom is 0.242 e. The molecule has 3 nitrogen and oxygen atoms in total. The Hall–Kier alpha value is -0.300. The lowest BCUT2D eigenvalue weighted by molar-refractivity contribution is -0.121. The number of hydrogen-bond donors (Lipinski definition) is 2. The summed E-state index contributed by atoms with van der Waals surface area (Å²) in [6.45, 7) is 0.796. The molecule has 1 amide bonds. The highest BCUT2D eigenvalue weighted by Crippen LogP contribution is 2.26. The van der Waals surface area contributed by atoms with E-state index < -0.39 is 0 Å². The topological polar surface area (TPSA) is 41.1 Å². The molecule has 1 aromatic carbocycles. The van der Waals surface area contributed by atoms with Gasteiger partial charge >= 0.3 is 0 Å². The van der Waals surface area contributed by atoms with Crippen LogP contribution < -0.4 is 10.6 Å². The number of benzene rings is 1. The molecule has 2 N–H and O–H groups in total. The average molecular weight is 409 g/mol. The lowest BCUT2D eigenvalue weighted by Gasteiger charge is -2.17. The van der Waals surface area contributed by atoms with Gasteiger partial charge in [0.2, 0.25) is 5.91 Å². The molecule has 0 aromatic heterocycles. The van der Waals surface area contributed by atoms with Crippen molar-refractivity contribution < 1.29 is 4.79 Å². The molecule has 1 unspecified atom stereocenters. The number of halogens is 2. The molecular weight excluding hydrogens is 395 g/mol. The van der Waals surface area contributed by atoms with Crippen LogP contribution in [0.15, 0.2) is 22.7 Å². The number of amides is 1. The summed E-state index contributed by atoms with van der Waals surface area (Å²) in [4.78, 5) is 11.8. The highest BCUT2D eigenvalue weighted by molar-refractivity contribution is 14.1. The second kappa shape index (κ2) is 6.04. The first-order valence-corrected chi connectivity index (χ1v) is 7.53. The lowest BCUT2D eigenvalue weighted by atomic mass is 10.1. The minimum Gasteiger partial charge on any atom is -0.373 e. The molecule has 1 heterocycles. The van der Waals surface area contributed by atoms with E-state index in [9.17, 15) is 4.79 Å². The van der Waals surface area contributed by atoms with E-state index in [0.29, 0.717) is 0 Å². The second-order valence-corrected chi connectivity index (χ2v) is 6.21. The normalized spacial score (nSPS) is 20.6. The van der Waals surface area contributed by atoms with Crippen LogP contribution in [0.4, 0.5) is 5.69 Å². The minimum atomic E-state index is -0.119. The number of hydrogen-bond acceptors (Lipinski definition) is 2. The van der Waals surface area contributed by atoms with Crippen molar-refractivity contribution in [3.63, 3.8) is 0 Å². The predicted molar refractivity (Wildman–Crippen MR) is 81.1 cm³/mol. The number of rotatable bonds is 2. The molecule has 1 aromatic rings. The molecule has 1 atom stereocenters. The van der Waals surface area contributed by atoms with E-state index in [4.69, 9.17) is 0 Å². The van der Waals surface area contributed by atoms with Gasteiger partial charge in [0.05, 0.1) is 5.69 Å². The van der Waals surface area contributed by atoms with E-state index in [1.807, 2.05) is 18.2 Å². The standard InChI is InChI=1S/C12H14BrIN2O/c13-9-5-4-8(14)7-11(9)16-10-3-1-2-6-15-12(10)17/h4-5,7,10,16H,1-3,6H2,(H,15,17). The van der Waals surface area contributed by atoms with Crippen molar-refractivity contribution in [2.24, 2.45) is 0 Å². The van der Waals surface area contributed by atoms with E-state index in [1.165, 1.54) is 0 Å². The van der Waals surface area contributed by atoms with Gasteiger partial charge in [-0.2, -0.15) is 0 Å².